The maximum atomic E-state index is 12.2. The largest absolute Gasteiger partial charge is 0.354 e. The second-order valence-corrected chi connectivity index (χ2v) is 4.39. The first-order valence-corrected chi connectivity index (χ1v) is 5.97. The minimum absolute atomic E-state index is 0.000501. The molecule has 0 aliphatic carbocycles. The Morgan fingerprint density at radius 2 is 2.06 bits per heavy atom. The van der Waals surface area contributed by atoms with Crippen LogP contribution in [-0.2, 0) is 4.79 Å². The summed E-state index contributed by atoms with van der Waals surface area (Å²) in [6.07, 6.45) is 0.362. The van der Waals surface area contributed by atoms with Crippen molar-refractivity contribution in [1.82, 2.24) is 10.2 Å². The zero-order valence-corrected chi connectivity index (χ0v) is 10.2. The number of carbonyl (C=O) groups excluding carboxylic acids is 2. The van der Waals surface area contributed by atoms with Crippen LogP contribution in [0.25, 0.3) is 0 Å². The molecule has 1 aromatic carbocycles. The first-order valence-electron chi connectivity index (χ1n) is 5.52. The third-order valence-corrected chi connectivity index (χ3v) is 3.12. The van der Waals surface area contributed by atoms with Crippen LogP contribution >= 0.6 is 12.6 Å². The summed E-state index contributed by atoms with van der Waals surface area (Å²) in [6, 6.07) is 7.20. The summed E-state index contributed by atoms with van der Waals surface area (Å²) in [7, 11) is 0. The van der Waals surface area contributed by atoms with Crippen LogP contribution in [0.5, 0.6) is 0 Å². The van der Waals surface area contributed by atoms with E-state index >= 15 is 0 Å². The highest BCUT2D eigenvalue weighted by Crippen LogP contribution is 2.15. The molecule has 0 spiro atoms. The zero-order chi connectivity index (χ0) is 12.3. The van der Waals surface area contributed by atoms with Gasteiger partial charge < -0.3 is 10.2 Å². The molecular formula is C12H14N2O2S. The monoisotopic (exact) mass is 250 g/mol. The Morgan fingerprint density at radius 1 is 1.29 bits per heavy atom. The Hall–Kier alpha value is -1.49. The normalized spacial score (nSPS) is 16.3. The third kappa shape index (κ3) is 2.79. The van der Waals surface area contributed by atoms with Gasteiger partial charge in [-0.1, -0.05) is 12.1 Å². The molecule has 4 nitrogen and oxygen atoms in total. The predicted octanol–water partition coefficient (Wildman–Crippen LogP) is 0.937. The van der Waals surface area contributed by atoms with Gasteiger partial charge in [-0.05, 0) is 12.1 Å². The molecule has 0 aromatic heterocycles. The van der Waals surface area contributed by atoms with E-state index in [2.05, 4.69) is 17.9 Å². The van der Waals surface area contributed by atoms with Gasteiger partial charge in [0.2, 0.25) is 5.91 Å². The van der Waals surface area contributed by atoms with Crippen molar-refractivity contribution < 1.29 is 9.59 Å². The number of nitrogens with zero attached hydrogens (tertiary/aromatic N) is 1. The van der Waals surface area contributed by atoms with Crippen molar-refractivity contribution in [2.75, 3.05) is 19.6 Å². The summed E-state index contributed by atoms with van der Waals surface area (Å²) >= 11 is 4.27. The van der Waals surface area contributed by atoms with Crippen LogP contribution < -0.4 is 5.32 Å². The molecule has 0 radical (unpaired) electrons. The molecule has 1 N–H and O–H groups in total. The van der Waals surface area contributed by atoms with Gasteiger partial charge in [0.15, 0.2) is 0 Å². The number of benzene rings is 1. The van der Waals surface area contributed by atoms with E-state index in [0.717, 1.165) is 0 Å². The van der Waals surface area contributed by atoms with Crippen molar-refractivity contribution >= 4 is 24.4 Å². The lowest BCUT2D eigenvalue weighted by atomic mass is 10.2. The fraction of sp³-hybridized carbons (Fsp3) is 0.333. The molecule has 0 bridgehead atoms. The van der Waals surface area contributed by atoms with E-state index in [4.69, 9.17) is 0 Å². The average molecular weight is 250 g/mol. The molecule has 17 heavy (non-hydrogen) atoms. The minimum Gasteiger partial charge on any atom is -0.354 e. The highest BCUT2D eigenvalue weighted by molar-refractivity contribution is 7.80. The second kappa shape index (κ2) is 5.23. The number of carbonyl (C=O) groups is 2. The van der Waals surface area contributed by atoms with Crippen LogP contribution in [-0.4, -0.2) is 36.3 Å². The van der Waals surface area contributed by atoms with Crippen molar-refractivity contribution in [1.29, 1.82) is 0 Å². The quantitative estimate of drug-likeness (QED) is 0.729. The topological polar surface area (TPSA) is 49.4 Å². The van der Waals surface area contributed by atoms with Gasteiger partial charge in [-0.15, -0.1) is 12.6 Å². The molecule has 1 aliphatic rings. The molecule has 90 valence electrons. The van der Waals surface area contributed by atoms with Crippen LogP contribution in [0.15, 0.2) is 29.2 Å². The van der Waals surface area contributed by atoms with Crippen LogP contribution in [0, 0.1) is 0 Å². The Kier molecular flexibility index (Phi) is 3.68. The summed E-state index contributed by atoms with van der Waals surface area (Å²) in [6.45, 7) is 1.53. The molecule has 1 fully saturated rings. The predicted molar refractivity (Wildman–Crippen MR) is 67.2 cm³/mol. The lowest BCUT2D eigenvalue weighted by Gasteiger charge is -2.20. The Labute approximate surface area is 105 Å². The summed E-state index contributed by atoms with van der Waals surface area (Å²) < 4.78 is 0. The molecule has 2 rings (SSSR count). The fourth-order valence-corrected chi connectivity index (χ4v) is 2.05. The number of hydrogen-bond donors (Lipinski definition) is 2. The maximum Gasteiger partial charge on any atom is 0.255 e. The first-order chi connectivity index (χ1) is 8.18. The lowest BCUT2D eigenvalue weighted by molar-refractivity contribution is -0.120. The van der Waals surface area contributed by atoms with E-state index in [1.165, 1.54) is 0 Å². The van der Waals surface area contributed by atoms with Crippen molar-refractivity contribution in [2.24, 2.45) is 0 Å². The summed E-state index contributed by atoms with van der Waals surface area (Å²) in [5.41, 5.74) is 0.588. The number of amides is 2. The summed E-state index contributed by atoms with van der Waals surface area (Å²) in [4.78, 5) is 25.8. The van der Waals surface area contributed by atoms with Gasteiger partial charge in [0.05, 0.1) is 5.56 Å². The molecule has 5 heteroatoms. The van der Waals surface area contributed by atoms with Crippen LogP contribution in [0.1, 0.15) is 16.8 Å². The number of rotatable bonds is 1. The van der Waals surface area contributed by atoms with Crippen molar-refractivity contribution in [3.05, 3.63) is 29.8 Å². The SMILES string of the molecule is O=C1CCN(C(=O)c2ccccc2S)CCN1. The van der Waals surface area contributed by atoms with E-state index in [0.29, 0.717) is 36.5 Å². The van der Waals surface area contributed by atoms with Gasteiger partial charge in [0.1, 0.15) is 0 Å². The van der Waals surface area contributed by atoms with Gasteiger partial charge in [-0.25, -0.2) is 0 Å². The standard InChI is InChI=1S/C12H14N2O2S/c15-11-5-7-14(8-6-13-11)12(16)9-3-1-2-4-10(9)17/h1-4,17H,5-8H2,(H,13,15). The lowest BCUT2D eigenvalue weighted by Crippen LogP contribution is -2.34. The number of thiol groups is 1. The van der Waals surface area contributed by atoms with Crippen molar-refractivity contribution in [2.45, 2.75) is 11.3 Å². The molecule has 1 aromatic rings. The van der Waals surface area contributed by atoms with E-state index < -0.39 is 0 Å². The molecule has 0 unspecified atom stereocenters. The number of nitrogens with one attached hydrogen (secondary N) is 1. The molecular weight excluding hydrogens is 236 g/mol. The zero-order valence-electron chi connectivity index (χ0n) is 9.35. The maximum absolute atomic E-state index is 12.2. The molecule has 0 atom stereocenters. The smallest absolute Gasteiger partial charge is 0.255 e. The molecule has 2 amide bonds. The molecule has 1 aliphatic heterocycles. The van der Waals surface area contributed by atoms with E-state index in [9.17, 15) is 9.59 Å². The highest BCUT2D eigenvalue weighted by atomic mass is 32.1. The van der Waals surface area contributed by atoms with Crippen molar-refractivity contribution in [3.8, 4) is 0 Å². The van der Waals surface area contributed by atoms with Gasteiger partial charge in [0, 0.05) is 31.0 Å². The van der Waals surface area contributed by atoms with Crippen molar-refractivity contribution in [3.63, 3.8) is 0 Å². The molecule has 1 heterocycles. The van der Waals surface area contributed by atoms with Gasteiger partial charge in [0.25, 0.3) is 5.91 Å². The Morgan fingerprint density at radius 3 is 2.82 bits per heavy atom. The van der Waals surface area contributed by atoms with Gasteiger partial charge >= 0.3 is 0 Å². The summed E-state index contributed by atoms with van der Waals surface area (Å²) in [5, 5.41) is 2.74. The van der Waals surface area contributed by atoms with E-state index in [1.54, 1.807) is 17.0 Å². The fourth-order valence-electron chi connectivity index (χ4n) is 1.79. The van der Waals surface area contributed by atoms with E-state index in [-0.39, 0.29) is 11.8 Å². The Bertz CT molecular complexity index is 448. The number of hydrogen-bond acceptors (Lipinski definition) is 3. The van der Waals surface area contributed by atoms with Gasteiger partial charge in [-0.2, -0.15) is 0 Å². The summed E-state index contributed by atoms with van der Waals surface area (Å²) in [5.74, 6) is -0.0634. The highest BCUT2D eigenvalue weighted by Gasteiger charge is 2.20. The third-order valence-electron chi connectivity index (χ3n) is 2.73. The molecule has 1 saturated heterocycles. The Balaban J connectivity index is 2.14. The van der Waals surface area contributed by atoms with Crippen LogP contribution in [0.2, 0.25) is 0 Å². The minimum atomic E-state index is -0.0629. The van der Waals surface area contributed by atoms with E-state index in [1.807, 2.05) is 12.1 Å². The van der Waals surface area contributed by atoms with Crippen LogP contribution in [0.3, 0.4) is 0 Å². The average Bonchev–Trinajstić information content (AvgIpc) is 2.54. The molecule has 0 saturated carbocycles. The second-order valence-electron chi connectivity index (χ2n) is 3.91. The first kappa shape index (κ1) is 12.0. The van der Waals surface area contributed by atoms with Gasteiger partial charge in [-0.3, -0.25) is 9.59 Å². The van der Waals surface area contributed by atoms with Crippen LogP contribution in [0.4, 0.5) is 0 Å².